The highest BCUT2D eigenvalue weighted by atomic mass is 31.2. The number of primary amides is 2. The van der Waals surface area contributed by atoms with E-state index in [1.165, 1.54) is 64.2 Å². The molecule has 20 heteroatoms. The first-order valence-corrected chi connectivity index (χ1v) is 20.1. The molecule has 310 valence electrons. The fourth-order valence-electron chi connectivity index (χ4n) is 6.17. The topological polar surface area (TPSA) is 298 Å². The Kier molecular flexibility index (Phi) is 22.4. The summed E-state index contributed by atoms with van der Waals surface area (Å²) < 4.78 is 50.3. The molecule has 2 rings (SSSR count). The lowest BCUT2D eigenvalue weighted by Crippen LogP contribution is -2.68. The molecule has 19 nitrogen and oxygen atoms in total. The van der Waals surface area contributed by atoms with Crippen LogP contribution in [0, 0.1) is 0 Å². The number of aliphatic hydroxyl groups excluding tert-OH is 4. The molecule has 0 aromatic heterocycles. The van der Waals surface area contributed by atoms with Gasteiger partial charge < -0.3 is 65.8 Å². The van der Waals surface area contributed by atoms with Crippen molar-refractivity contribution in [3.05, 3.63) is 0 Å². The van der Waals surface area contributed by atoms with E-state index in [1.807, 2.05) is 0 Å². The lowest BCUT2D eigenvalue weighted by Gasteiger charge is -2.47. The molecule has 11 atom stereocenters. The molecule has 53 heavy (non-hydrogen) atoms. The van der Waals surface area contributed by atoms with Crippen molar-refractivity contribution in [1.82, 2.24) is 5.32 Å². The second kappa shape index (κ2) is 25.2. The molecule has 0 bridgehead atoms. The van der Waals surface area contributed by atoms with E-state index in [1.54, 1.807) is 0 Å². The third-order valence-electron chi connectivity index (χ3n) is 8.96. The zero-order valence-corrected chi connectivity index (χ0v) is 31.7. The maximum absolute atomic E-state index is 13.0. The van der Waals surface area contributed by atoms with Gasteiger partial charge in [0, 0.05) is 13.5 Å². The van der Waals surface area contributed by atoms with Crippen LogP contribution in [0.3, 0.4) is 0 Å². The Balaban J connectivity index is 1.91. The molecular weight excluding hydrogens is 725 g/mol. The number of amides is 3. The molecule has 2 heterocycles. The average molecular weight is 788 g/mol. The molecule has 2 aliphatic rings. The number of aliphatic hydroxyl groups is 4. The van der Waals surface area contributed by atoms with Gasteiger partial charge in [0.2, 0.25) is 11.8 Å². The van der Waals surface area contributed by atoms with E-state index >= 15 is 0 Å². The SMILES string of the molecule is CCCCCCCCCCCCCCCCOCCOP(=O)(O)O[C@H]1OC(C(N)=O)[C@@H](O)[C@H](OC(N)=O)C1O[C@@H]1OC(CO)[C@@H](O)[C@H](O)C1NC(C)=O. The maximum atomic E-state index is 13.0. The number of phosphoric ester groups is 1. The molecule has 2 fully saturated rings. The van der Waals surface area contributed by atoms with Crippen molar-refractivity contribution in [2.75, 3.05) is 26.4 Å². The molecule has 2 aliphatic heterocycles. The first-order chi connectivity index (χ1) is 25.2. The Labute approximate surface area is 310 Å². The lowest BCUT2D eigenvalue weighted by atomic mass is 9.95. The predicted octanol–water partition coefficient (Wildman–Crippen LogP) is 0.982. The number of nitrogens with one attached hydrogen (secondary N) is 1. The van der Waals surface area contributed by atoms with E-state index in [0.717, 1.165) is 32.6 Å². The lowest BCUT2D eigenvalue weighted by molar-refractivity contribution is -0.338. The van der Waals surface area contributed by atoms with Gasteiger partial charge in [-0.15, -0.1) is 0 Å². The maximum Gasteiger partial charge on any atom is 0.474 e. The van der Waals surface area contributed by atoms with E-state index in [9.17, 15) is 44.3 Å². The highest BCUT2D eigenvalue weighted by Gasteiger charge is 2.55. The summed E-state index contributed by atoms with van der Waals surface area (Å²) in [5.41, 5.74) is 10.5. The van der Waals surface area contributed by atoms with Crippen LogP contribution in [-0.4, -0.2) is 131 Å². The monoisotopic (exact) mass is 787 g/mol. The number of phosphoric acid groups is 1. The third-order valence-corrected chi connectivity index (χ3v) is 9.94. The first kappa shape index (κ1) is 47.2. The van der Waals surface area contributed by atoms with Gasteiger partial charge in [-0.25, -0.2) is 9.36 Å². The van der Waals surface area contributed by atoms with Crippen LogP contribution in [0.1, 0.15) is 104 Å². The van der Waals surface area contributed by atoms with Gasteiger partial charge in [0.1, 0.15) is 30.5 Å². The number of carbonyl (C=O) groups is 3. The normalized spacial score (nSPS) is 30.0. The van der Waals surface area contributed by atoms with Crippen molar-refractivity contribution in [3.63, 3.8) is 0 Å². The summed E-state index contributed by atoms with van der Waals surface area (Å²) in [5.74, 6) is -2.01. The van der Waals surface area contributed by atoms with E-state index < -0.39 is 100 Å². The van der Waals surface area contributed by atoms with E-state index in [2.05, 4.69) is 12.2 Å². The predicted molar refractivity (Wildman–Crippen MR) is 187 cm³/mol. The standard InChI is InChI=1S/C33H62N3O16P/c1-3-4-5-6-7-8-9-10-11-12-13-14-15-16-17-46-18-19-47-53(44,45)52-32-29(27(51-33(35)43)26(41)28(49-32)30(34)42)50-31-23(36-21(2)38)25(40)24(39)22(20-37)48-31/h22-29,31-32,37,39-41H,3-20H2,1-2H3,(H2,34,42)(H2,35,43)(H,36,38)(H,44,45)/t22?,23?,24-,25-,26+,27+,28?,29?,31+,32-/m1/s1. The van der Waals surface area contributed by atoms with Crippen LogP contribution in [0.15, 0.2) is 0 Å². The Hall–Kier alpha value is -2.00. The number of hydrogen-bond donors (Lipinski definition) is 8. The minimum Gasteiger partial charge on any atom is -0.440 e. The molecule has 10 N–H and O–H groups in total. The number of ether oxygens (including phenoxy) is 5. The Bertz CT molecular complexity index is 1120. The van der Waals surface area contributed by atoms with Crippen molar-refractivity contribution >= 4 is 25.7 Å². The zero-order chi connectivity index (χ0) is 39.4. The van der Waals surface area contributed by atoms with Crippen molar-refractivity contribution in [2.24, 2.45) is 11.5 Å². The summed E-state index contributed by atoms with van der Waals surface area (Å²) in [6.45, 7) is 2.38. The zero-order valence-electron chi connectivity index (χ0n) is 30.8. The van der Waals surface area contributed by atoms with Crippen LogP contribution in [0.2, 0.25) is 0 Å². The highest BCUT2D eigenvalue weighted by Crippen LogP contribution is 2.47. The van der Waals surface area contributed by atoms with E-state index in [4.69, 9.17) is 44.2 Å². The van der Waals surface area contributed by atoms with Gasteiger partial charge >= 0.3 is 13.9 Å². The number of carbonyl (C=O) groups excluding carboxylic acids is 3. The van der Waals surface area contributed by atoms with Crippen LogP contribution >= 0.6 is 7.82 Å². The Morgan fingerprint density at radius 2 is 1.32 bits per heavy atom. The van der Waals surface area contributed by atoms with Gasteiger partial charge in [0.05, 0.1) is 19.8 Å². The highest BCUT2D eigenvalue weighted by molar-refractivity contribution is 7.47. The van der Waals surface area contributed by atoms with Crippen LogP contribution in [0.5, 0.6) is 0 Å². The number of nitrogens with two attached hydrogens (primary N) is 2. The molecule has 5 unspecified atom stereocenters. The van der Waals surface area contributed by atoms with Crippen molar-refractivity contribution in [2.45, 2.75) is 165 Å². The van der Waals surface area contributed by atoms with Gasteiger partial charge in [-0.1, -0.05) is 90.4 Å². The molecule has 3 amide bonds. The summed E-state index contributed by atoms with van der Waals surface area (Å²) in [6.07, 6.45) is -1.53. The van der Waals surface area contributed by atoms with Gasteiger partial charge in [0.15, 0.2) is 30.9 Å². The third kappa shape index (κ3) is 17.1. The molecular formula is C33H62N3O16P. The number of unbranched alkanes of at least 4 members (excludes halogenated alkanes) is 13. The molecule has 2 saturated heterocycles. The van der Waals surface area contributed by atoms with Crippen molar-refractivity contribution in [3.8, 4) is 0 Å². The minimum atomic E-state index is -5.09. The quantitative estimate of drug-likeness (QED) is 0.0425. The minimum absolute atomic E-state index is 0.0785. The smallest absolute Gasteiger partial charge is 0.440 e. The molecule has 0 saturated carbocycles. The fraction of sp³-hybridized carbons (Fsp3) is 0.909. The number of hydrogen-bond acceptors (Lipinski definition) is 15. The summed E-state index contributed by atoms with van der Waals surface area (Å²) >= 11 is 0. The summed E-state index contributed by atoms with van der Waals surface area (Å²) in [4.78, 5) is 46.4. The fourth-order valence-corrected chi connectivity index (χ4v) is 6.97. The Morgan fingerprint density at radius 1 is 0.755 bits per heavy atom. The average Bonchev–Trinajstić information content (AvgIpc) is 3.09. The molecule has 0 spiro atoms. The summed E-state index contributed by atoms with van der Waals surface area (Å²) in [7, 11) is -5.09. The molecule has 0 aromatic rings. The van der Waals surface area contributed by atoms with Crippen LogP contribution in [0.25, 0.3) is 0 Å². The Morgan fingerprint density at radius 3 is 1.83 bits per heavy atom. The second-order valence-electron chi connectivity index (χ2n) is 13.4. The second-order valence-corrected chi connectivity index (χ2v) is 14.8. The van der Waals surface area contributed by atoms with E-state index in [0.29, 0.717) is 6.61 Å². The number of rotatable bonds is 27. The molecule has 0 radical (unpaired) electrons. The van der Waals surface area contributed by atoms with Crippen LogP contribution in [-0.2, 0) is 46.9 Å². The molecule has 0 aromatic carbocycles. The van der Waals surface area contributed by atoms with Crippen molar-refractivity contribution < 1.29 is 77.0 Å². The van der Waals surface area contributed by atoms with Gasteiger partial charge in [0.25, 0.3) is 0 Å². The van der Waals surface area contributed by atoms with Gasteiger partial charge in [-0.05, 0) is 6.42 Å². The largest absolute Gasteiger partial charge is 0.474 e. The van der Waals surface area contributed by atoms with Crippen molar-refractivity contribution in [1.29, 1.82) is 0 Å². The molecule has 0 aliphatic carbocycles. The van der Waals surface area contributed by atoms with E-state index in [-0.39, 0.29) is 6.61 Å². The summed E-state index contributed by atoms with van der Waals surface area (Å²) in [5, 5.41) is 43.8. The van der Waals surface area contributed by atoms with Gasteiger partial charge in [-0.2, -0.15) is 0 Å². The first-order valence-electron chi connectivity index (χ1n) is 18.6. The van der Waals surface area contributed by atoms with Crippen LogP contribution < -0.4 is 16.8 Å². The van der Waals surface area contributed by atoms with Crippen LogP contribution in [0.4, 0.5) is 4.79 Å². The summed E-state index contributed by atoms with van der Waals surface area (Å²) in [6, 6.07) is -1.56. The van der Waals surface area contributed by atoms with Gasteiger partial charge in [-0.3, -0.25) is 18.6 Å².